The zero-order chi connectivity index (χ0) is 20.7. The van der Waals surface area contributed by atoms with Gasteiger partial charge in [-0.15, -0.1) is 28.8 Å². The molecule has 3 fully saturated rings. The largest absolute Gasteiger partial charge is 0.851 e. The Kier molecular flexibility index (Phi) is 5.88. The van der Waals surface area contributed by atoms with Crippen molar-refractivity contribution in [3.05, 3.63) is 34.0 Å². The number of hydrogen-bond acceptors (Lipinski definition) is 7. The van der Waals surface area contributed by atoms with Crippen LogP contribution >= 0.6 is 22.7 Å². The van der Waals surface area contributed by atoms with Gasteiger partial charge in [0.2, 0.25) is 0 Å². The standard InChI is InChI=1S/C23H28N2O3S2/c26-21-19(15-7-9-17(29-15)24-11-3-1-4-12-24)22(27)23(28)20(21)16-8-10-18(30-16)25-13-5-2-6-14-25/h7-10,19-22H,1-6,11-14H2/q-2. The zero-order valence-electron chi connectivity index (χ0n) is 17.1. The first-order valence-electron chi connectivity index (χ1n) is 11.2. The number of thiophene rings is 2. The predicted octanol–water partition coefficient (Wildman–Crippen LogP) is 2.70. The summed E-state index contributed by atoms with van der Waals surface area (Å²) in [6.07, 6.45) is 4.61. The van der Waals surface area contributed by atoms with Gasteiger partial charge in [0, 0.05) is 41.9 Å². The van der Waals surface area contributed by atoms with E-state index in [0.29, 0.717) is 0 Å². The zero-order valence-corrected chi connectivity index (χ0v) is 18.8. The minimum absolute atomic E-state index is 0.417. The van der Waals surface area contributed by atoms with E-state index in [4.69, 9.17) is 0 Å². The number of piperidine rings is 2. The van der Waals surface area contributed by atoms with Crippen LogP contribution in [0, 0.1) is 0 Å². The molecule has 0 amide bonds. The van der Waals surface area contributed by atoms with Crippen LogP contribution in [0.15, 0.2) is 24.3 Å². The predicted molar refractivity (Wildman–Crippen MR) is 119 cm³/mol. The summed E-state index contributed by atoms with van der Waals surface area (Å²) >= 11 is 3.07. The van der Waals surface area contributed by atoms with Gasteiger partial charge in [-0.2, -0.15) is 0 Å². The lowest BCUT2D eigenvalue weighted by Crippen LogP contribution is -2.38. The molecular weight excluding hydrogens is 416 g/mol. The van der Waals surface area contributed by atoms with Gasteiger partial charge >= 0.3 is 0 Å². The van der Waals surface area contributed by atoms with Crippen molar-refractivity contribution in [3.8, 4) is 0 Å². The lowest BCUT2D eigenvalue weighted by Gasteiger charge is -2.32. The molecule has 0 spiro atoms. The number of ketones is 1. The molecule has 0 N–H and O–H groups in total. The molecule has 162 valence electrons. The van der Waals surface area contributed by atoms with Crippen LogP contribution in [0.1, 0.15) is 60.1 Å². The van der Waals surface area contributed by atoms with Crippen molar-refractivity contribution in [2.24, 2.45) is 0 Å². The van der Waals surface area contributed by atoms with Crippen molar-refractivity contribution in [2.75, 3.05) is 36.0 Å². The Bertz CT molecular complexity index is 883. The lowest BCUT2D eigenvalue weighted by atomic mass is 9.98. The molecule has 2 aliphatic heterocycles. The lowest BCUT2D eigenvalue weighted by molar-refractivity contribution is -0.450. The topological polar surface area (TPSA) is 69.7 Å². The monoisotopic (exact) mass is 444 g/mol. The van der Waals surface area contributed by atoms with E-state index in [1.807, 2.05) is 24.3 Å². The Labute approximate surface area is 185 Å². The molecule has 1 saturated carbocycles. The minimum atomic E-state index is -1.45. The van der Waals surface area contributed by atoms with Gasteiger partial charge < -0.3 is 24.8 Å². The van der Waals surface area contributed by atoms with Crippen LogP contribution in [0.25, 0.3) is 0 Å². The van der Waals surface area contributed by atoms with E-state index >= 15 is 0 Å². The number of Topliss-reactive ketones (excluding diaryl/α,β-unsaturated/α-hetero) is 1. The molecule has 5 nitrogen and oxygen atoms in total. The van der Waals surface area contributed by atoms with Crippen molar-refractivity contribution >= 4 is 38.5 Å². The molecule has 3 aliphatic rings. The van der Waals surface area contributed by atoms with Gasteiger partial charge in [-0.25, -0.2) is 0 Å². The Balaban J connectivity index is 1.36. The number of carbonyl (C=O) groups excluding carboxylic acids is 1. The number of nitrogens with zero attached hydrogens (tertiary/aromatic N) is 2. The molecule has 2 saturated heterocycles. The summed E-state index contributed by atoms with van der Waals surface area (Å²) in [5.74, 6) is -1.98. The maximum Gasteiger partial charge on any atom is 0.127 e. The van der Waals surface area contributed by atoms with Gasteiger partial charge in [-0.1, -0.05) is 6.10 Å². The molecule has 4 heterocycles. The summed E-state index contributed by atoms with van der Waals surface area (Å²) in [6.45, 7) is 4.12. The van der Waals surface area contributed by atoms with Crippen LogP contribution in [0.5, 0.6) is 0 Å². The highest BCUT2D eigenvalue weighted by Crippen LogP contribution is 2.46. The molecule has 7 heteroatoms. The van der Waals surface area contributed by atoms with E-state index in [2.05, 4.69) is 9.80 Å². The minimum Gasteiger partial charge on any atom is -0.851 e. The van der Waals surface area contributed by atoms with Crippen LogP contribution < -0.4 is 20.0 Å². The average Bonchev–Trinajstić information content (AvgIpc) is 3.49. The van der Waals surface area contributed by atoms with Crippen LogP contribution in [0.3, 0.4) is 0 Å². The van der Waals surface area contributed by atoms with Crippen molar-refractivity contribution in [1.29, 1.82) is 0 Å². The van der Waals surface area contributed by atoms with E-state index in [9.17, 15) is 15.0 Å². The van der Waals surface area contributed by atoms with Gasteiger partial charge in [-0.05, 0) is 68.7 Å². The molecule has 5 rings (SSSR count). The van der Waals surface area contributed by atoms with Crippen LogP contribution in [-0.2, 0) is 4.79 Å². The van der Waals surface area contributed by atoms with Crippen LogP contribution in [-0.4, -0.2) is 44.2 Å². The second-order valence-electron chi connectivity index (χ2n) is 8.74. The Hall–Kier alpha value is -1.41. The summed E-state index contributed by atoms with van der Waals surface area (Å²) in [6, 6.07) is 7.88. The second-order valence-corrected chi connectivity index (χ2v) is 10.9. The summed E-state index contributed by atoms with van der Waals surface area (Å²) < 4.78 is 0. The molecule has 0 radical (unpaired) electrons. The fourth-order valence-electron chi connectivity index (χ4n) is 5.11. The quantitative estimate of drug-likeness (QED) is 0.725. The highest BCUT2D eigenvalue weighted by Gasteiger charge is 2.41. The van der Waals surface area contributed by atoms with E-state index in [1.165, 1.54) is 49.9 Å². The first kappa shape index (κ1) is 20.5. The number of rotatable bonds is 4. The summed E-state index contributed by atoms with van der Waals surface area (Å²) in [4.78, 5) is 19.1. The Morgan fingerprint density at radius 3 is 1.80 bits per heavy atom. The summed E-state index contributed by atoms with van der Waals surface area (Å²) in [5.41, 5.74) is 0. The average molecular weight is 445 g/mol. The van der Waals surface area contributed by atoms with Gasteiger partial charge in [0.05, 0.1) is 10.0 Å². The second kappa shape index (κ2) is 8.61. The van der Waals surface area contributed by atoms with Crippen molar-refractivity contribution in [3.63, 3.8) is 0 Å². The molecule has 2 aromatic rings. The van der Waals surface area contributed by atoms with Crippen LogP contribution in [0.2, 0.25) is 0 Å². The van der Waals surface area contributed by atoms with E-state index < -0.39 is 29.8 Å². The molecule has 0 bridgehead atoms. The fourth-order valence-corrected chi connectivity index (χ4v) is 7.53. The third kappa shape index (κ3) is 3.70. The van der Waals surface area contributed by atoms with Gasteiger partial charge in [0.25, 0.3) is 0 Å². The summed E-state index contributed by atoms with van der Waals surface area (Å²) in [5, 5.41) is 28.5. The number of carbonyl (C=O) groups is 1. The third-order valence-electron chi connectivity index (χ3n) is 6.79. The Morgan fingerprint density at radius 1 is 0.733 bits per heavy atom. The third-order valence-corrected chi connectivity index (χ3v) is 9.27. The van der Waals surface area contributed by atoms with E-state index in [0.717, 1.165) is 45.9 Å². The number of anilines is 2. The first-order valence-corrected chi connectivity index (χ1v) is 12.8. The van der Waals surface area contributed by atoms with Gasteiger partial charge in [-0.3, -0.25) is 0 Å². The molecule has 30 heavy (non-hydrogen) atoms. The molecule has 0 aromatic carbocycles. The smallest absolute Gasteiger partial charge is 0.127 e. The van der Waals surface area contributed by atoms with E-state index in [-0.39, 0.29) is 0 Å². The van der Waals surface area contributed by atoms with Crippen molar-refractivity contribution in [1.82, 2.24) is 0 Å². The van der Waals surface area contributed by atoms with Crippen molar-refractivity contribution < 1.29 is 15.0 Å². The fraction of sp³-hybridized carbons (Fsp3) is 0.609. The maximum atomic E-state index is 13.3. The molecule has 2 aromatic heterocycles. The highest BCUT2D eigenvalue weighted by atomic mass is 32.1. The SMILES string of the molecule is O=C1C([O-])C(c2ccc(N3CCCCC3)s2)C([O-])C1c1ccc(N2CCCCC2)s1. The Morgan fingerprint density at radius 2 is 1.23 bits per heavy atom. The molecule has 4 atom stereocenters. The maximum absolute atomic E-state index is 13.3. The first-order chi connectivity index (χ1) is 14.6. The molecule has 4 unspecified atom stereocenters. The highest BCUT2D eigenvalue weighted by molar-refractivity contribution is 7.16. The normalized spacial score (nSPS) is 30.3. The number of hydrogen-bond donors (Lipinski definition) is 0. The van der Waals surface area contributed by atoms with Gasteiger partial charge in [0.1, 0.15) is 5.78 Å². The summed E-state index contributed by atoms with van der Waals surface area (Å²) in [7, 11) is 0. The van der Waals surface area contributed by atoms with Gasteiger partial charge in [0.15, 0.2) is 0 Å². The van der Waals surface area contributed by atoms with E-state index in [1.54, 1.807) is 11.3 Å². The van der Waals surface area contributed by atoms with Crippen molar-refractivity contribution in [2.45, 2.75) is 62.6 Å². The molecular formula is C23H28N2O3S2-2. The molecule has 1 aliphatic carbocycles. The van der Waals surface area contributed by atoms with Crippen LogP contribution in [0.4, 0.5) is 10.0 Å².